The minimum Gasteiger partial charge on any atom is -0.341 e. The van der Waals surface area contributed by atoms with E-state index < -0.39 is 5.54 Å². The van der Waals surface area contributed by atoms with Gasteiger partial charge in [0.1, 0.15) is 5.54 Å². The maximum atomic E-state index is 12.1. The summed E-state index contributed by atoms with van der Waals surface area (Å²) in [5, 5.41) is 6.14. The minimum absolute atomic E-state index is 0.0792. The van der Waals surface area contributed by atoms with E-state index in [4.69, 9.17) is 0 Å². The van der Waals surface area contributed by atoms with Gasteiger partial charge in [-0.05, 0) is 26.7 Å². The summed E-state index contributed by atoms with van der Waals surface area (Å²) in [6, 6.07) is 0.487. The van der Waals surface area contributed by atoms with Crippen molar-refractivity contribution in [3.63, 3.8) is 0 Å². The number of guanidine groups is 1. The van der Waals surface area contributed by atoms with Crippen LogP contribution in [-0.2, 0) is 4.79 Å². The highest BCUT2D eigenvalue weighted by Gasteiger charge is 2.50. The number of rotatable bonds is 3. The van der Waals surface area contributed by atoms with Crippen molar-refractivity contribution in [1.82, 2.24) is 15.5 Å². The first-order valence-corrected chi connectivity index (χ1v) is 6.45. The lowest BCUT2D eigenvalue weighted by atomic mass is 9.99. The predicted octanol–water partition coefficient (Wildman–Crippen LogP) is 0.325. The number of carbonyl (C=O) groups excluding carboxylic acids is 1. The molecule has 0 aromatic rings. The van der Waals surface area contributed by atoms with Gasteiger partial charge in [0.05, 0.1) is 0 Å². The summed E-state index contributed by atoms with van der Waals surface area (Å²) in [5.41, 5.74) is -0.434. The number of hydrogen-bond donors (Lipinski definition) is 2. The molecule has 96 valence electrons. The monoisotopic (exact) mass is 238 g/mol. The van der Waals surface area contributed by atoms with Gasteiger partial charge in [-0.1, -0.05) is 6.92 Å². The Kier molecular flexibility index (Phi) is 3.38. The quantitative estimate of drug-likeness (QED) is 0.745. The van der Waals surface area contributed by atoms with Crippen LogP contribution in [0.3, 0.4) is 0 Å². The molecular formula is C12H22N4O. The first-order chi connectivity index (χ1) is 8.07. The van der Waals surface area contributed by atoms with Crippen LogP contribution in [0, 0.1) is 0 Å². The highest BCUT2D eigenvalue weighted by atomic mass is 16.2. The number of nitrogens with one attached hydrogen (secondary N) is 2. The van der Waals surface area contributed by atoms with Crippen molar-refractivity contribution in [2.24, 2.45) is 4.99 Å². The molecule has 2 heterocycles. The largest absolute Gasteiger partial charge is 0.341 e. The van der Waals surface area contributed by atoms with E-state index in [-0.39, 0.29) is 5.91 Å². The highest BCUT2D eigenvalue weighted by molar-refractivity contribution is 6.09. The first kappa shape index (κ1) is 12.4. The van der Waals surface area contributed by atoms with Crippen LogP contribution in [0.5, 0.6) is 0 Å². The zero-order chi connectivity index (χ0) is 12.5. The molecule has 5 heteroatoms. The van der Waals surface area contributed by atoms with Gasteiger partial charge in [0.2, 0.25) is 0 Å². The van der Waals surface area contributed by atoms with E-state index in [2.05, 4.69) is 41.3 Å². The molecule has 1 atom stereocenters. The fourth-order valence-corrected chi connectivity index (χ4v) is 2.41. The molecule has 17 heavy (non-hydrogen) atoms. The van der Waals surface area contributed by atoms with Gasteiger partial charge in [0, 0.05) is 25.7 Å². The van der Waals surface area contributed by atoms with Crippen molar-refractivity contribution in [3.05, 3.63) is 0 Å². The summed E-state index contributed by atoms with van der Waals surface area (Å²) < 4.78 is 0. The van der Waals surface area contributed by atoms with E-state index in [1.807, 2.05) is 0 Å². The molecule has 0 radical (unpaired) electrons. The van der Waals surface area contributed by atoms with Crippen molar-refractivity contribution in [1.29, 1.82) is 0 Å². The molecule has 2 aliphatic heterocycles. The lowest BCUT2D eigenvalue weighted by molar-refractivity contribution is -0.123. The van der Waals surface area contributed by atoms with Crippen LogP contribution in [0.2, 0.25) is 0 Å². The third-order valence-electron chi connectivity index (χ3n) is 3.55. The summed E-state index contributed by atoms with van der Waals surface area (Å²) in [7, 11) is 0. The molecule has 0 saturated carbocycles. The number of hydrogen-bond acceptors (Lipinski definition) is 3. The number of amides is 1. The molecule has 0 aromatic carbocycles. The van der Waals surface area contributed by atoms with Gasteiger partial charge in [0.15, 0.2) is 5.96 Å². The first-order valence-electron chi connectivity index (χ1n) is 6.45. The molecule has 5 nitrogen and oxygen atoms in total. The zero-order valence-corrected chi connectivity index (χ0v) is 10.9. The maximum Gasteiger partial charge on any atom is 0.253 e. The van der Waals surface area contributed by atoms with Crippen molar-refractivity contribution in [3.8, 4) is 0 Å². The number of likely N-dealkylation sites (tertiary alicyclic amines) is 1. The second-order valence-corrected chi connectivity index (χ2v) is 5.21. The van der Waals surface area contributed by atoms with Crippen LogP contribution in [0.15, 0.2) is 4.99 Å². The van der Waals surface area contributed by atoms with Crippen LogP contribution >= 0.6 is 0 Å². The van der Waals surface area contributed by atoms with Gasteiger partial charge in [-0.15, -0.1) is 0 Å². The third kappa shape index (κ3) is 2.29. The van der Waals surface area contributed by atoms with Crippen molar-refractivity contribution < 1.29 is 4.79 Å². The molecule has 2 fully saturated rings. The second kappa shape index (κ2) is 4.64. The Labute approximate surface area is 103 Å². The molecule has 2 aliphatic rings. The summed E-state index contributed by atoms with van der Waals surface area (Å²) >= 11 is 0. The van der Waals surface area contributed by atoms with Crippen LogP contribution in [0.25, 0.3) is 0 Å². The molecule has 2 saturated heterocycles. The van der Waals surface area contributed by atoms with Crippen molar-refractivity contribution >= 4 is 11.9 Å². The average molecular weight is 238 g/mol. The maximum absolute atomic E-state index is 12.1. The van der Waals surface area contributed by atoms with Gasteiger partial charge >= 0.3 is 0 Å². The van der Waals surface area contributed by atoms with Gasteiger partial charge in [-0.2, -0.15) is 0 Å². The Morgan fingerprint density at radius 1 is 1.53 bits per heavy atom. The molecule has 1 spiro atoms. The van der Waals surface area contributed by atoms with Gasteiger partial charge in [0.25, 0.3) is 5.91 Å². The minimum atomic E-state index is -0.434. The smallest absolute Gasteiger partial charge is 0.253 e. The van der Waals surface area contributed by atoms with Gasteiger partial charge in [-0.25, -0.2) is 0 Å². The third-order valence-corrected chi connectivity index (χ3v) is 3.55. The lowest BCUT2D eigenvalue weighted by Crippen LogP contribution is -2.49. The Bertz CT molecular complexity index is 339. The predicted molar refractivity (Wildman–Crippen MR) is 67.9 cm³/mol. The Hall–Kier alpha value is -1.10. The second-order valence-electron chi connectivity index (χ2n) is 5.21. The summed E-state index contributed by atoms with van der Waals surface area (Å²) in [5.74, 6) is 0.734. The molecule has 1 unspecified atom stereocenters. The molecule has 2 rings (SSSR count). The van der Waals surface area contributed by atoms with E-state index in [1.165, 1.54) is 0 Å². The SMILES string of the molecule is CCCN=C1NC(=O)C2(CCN(C(C)C)C2)N1. The normalized spacial score (nSPS) is 31.5. The summed E-state index contributed by atoms with van der Waals surface area (Å²) in [6.45, 7) is 8.91. The summed E-state index contributed by atoms with van der Waals surface area (Å²) in [6.07, 6.45) is 1.86. The van der Waals surface area contributed by atoms with E-state index in [0.29, 0.717) is 12.0 Å². The molecule has 2 N–H and O–H groups in total. The standard InChI is InChI=1S/C12H22N4O/c1-4-6-13-11-14-10(17)12(15-11)5-7-16(8-12)9(2)3/h9H,4-8H2,1-3H3,(H2,13,14,15,17). The Morgan fingerprint density at radius 3 is 2.88 bits per heavy atom. The fraction of sp³-hybridized carbons (Fsp3) is 0.833. The molecule has 0 aliphatic carbocycles. The van der Waals surface area contributed by atoms with Gasteiger partial charge in [-0.3, -0.25) is 20.0 Å². The molecule has 1 amide bonds. The molecule has 0 bridgehead atoms. The number of aliphatic imine (C=N–C) groups is 1. The van der Waals surface area contributed by atoms with Crippen LogP contribution in [0.1, 0.15) is 33.6 Å². The van der Waals surface area contributed by atoms with E-state index in [0.717, 1.165) is 32.5 Å². The lowest BCUT2D eigenvalue weighted by Gasteiger charge is -2.23. The Morgan fingerprint density at radius 2 is 2.29 bits per heavy atom. The van der Waals surface area contributed by atoms with Crippen molar-refractivity contribution in [2.45, 2.75) is 45.2 Å². The average Bonchev–Trinajstić information content (AvgIpc) is 2.83. The van der Waals surface area contributed by atoms with Crippen molar-refractivity contribution in [2.75, 3.05) is 19.6 Å². The topological polar surface area (TPSA) is 56.7 Å². The van der Waals surface area contributed by atoms with Crippen LogP contribution in [-0.4, -0.2) is 48.0 Å². The fourth-order valence-electron chi connectivity index (χ4n) is 2.41. The molecule has 0 aromatic heterocycles. The van der Waals surface area contributed by atoms with Crippen LogP contribution in [0.4, 0.5) is 0 Å². The van der Waals surface area contributed by atoms with Gasteiger partial charge < -0.3 is 5.32 Å². The zero-order valence-electron chi connectivity index (χ0n) is 10.9. The molecular weight excluding hydrogens is 216 g/mol. The number of nitrogens with zero attached hydrogens (tertiary/aromatic N) is 2. The summed E-state index contributed by atoms with van der Waals surface area (Å²) in [4.78, 5) is 18.7. The van der Waals surface area contributed by atoms with Crippen LogP contribution < -0.4 is 10.6 Å². The highest BCUT2D eigenvalue weighted by Crippen LogP contribution is 2.25. The van der Waals surface area contributed by atoms with E-state index >= 15 is 0 Å². The van der Waals surface area contributed by atoms with E-state index in [9.17, 15) is 4.79 Å². The van der Waals surface area contributed by atoms with E-state index in [1.54, 1.807) is 0 Å². The number of carbonyl (C=O) groups is 1. The Balaban J connectivity index is 2.05.